The Morgan fingerprint density at radius 3 is 2.07 bits per heavy atom. The maximum Gasteiger partial charge on any atom is 0.144 e. The number of halogens is 2. The number of hydrogen-bond donors (Lipinski definition) is 0. The van der Waals surface area contributed by atoms with Crippen LogP contribution in [0.5, 0.6) is 0 Å². The van der Waals surface area contributed by atoms with E-state index in [0.29, 0.717) is 6.10 Å². The van der Waals surface area contributed by atoms with Crippen molar-refractivity contribution in [3.63, 3.8) is 0 Å². The zero-order chi connectivity index (χ0) is 21.3. The second kappa shape index (κ2) is 11.6. The second-order valence-electron chi connectivity index (χ2n) is 9.14. The van der Waals surface area contributed by atoms with Crippen molar-refractivity contribution in [3.8, 4) is 6.07 Å². The van der Waals surface area contributed by atoms with E-state index in [4.69, 9.17) is 10.00 Å². The largest absolute Gasteiger partial charge is 0.378 e. The summed E-state index contributed by atoms with van der Waals surface area (Å²) in [6.45, 7) is 2.89. The average Bonchev–Trinajstić information content (AvgIpc) is 2.76. The Bertz CT molecular complexity index is 715. The van der Waals surface area contributed by atoms with Crippen LogP contribution in [0, 0.1) is 34.8 Å². The van der Waals surface area contributed by atoms with E-state index in [1.807, 2.05) is 6.92 Å². The van der Waals surface area contributed by atoms with Crippen LogP contribution in [-0.4, -0.2) is 12.7 Å². The van der Waals surface area contributed by atoms with E-state index >= 15 is 0 Å². The third-order valence-corrected chi connectivity index (χ3v) is 7.15. The molecule has 0 unspecified atom stereocenters. The van der Waals surface area contributed by atoms with Crippen molar-refractivity contribution in [1.29, 1.82) is 5.26 Å². The Kier molecular flexibility index (Phi) is 8.88. The van der Waals surface area contributed by atoms with Gasteiger partial charge >= 0.3 is 0 Å². The quantitative estimate of drug-likeness (QED) is 0.327. The lowest BCUT2D eigenvalue weighted by Crippen LogP contribution is -2.23. The highest BCUT2D eigenvalue weighted by atomic mass is 19.1. The van der Waals surface area contributed by atoms with Crippen molar-refractivity contribution >= 4 is 0 Å². The van der Waals surface area contributed by atoms with E-state index in [9.17, 15) is 8.78 Å². The van der Waals surface area contributed by atoms with E-state index < -0.39 is 17.2 Å². The first-order chi connectivity index (χ1) is 14.6. The molecule has 2 saturated carbocycles. The molecule has 0 heterocycles. The first-order valence-electron chi connectivity index (χ1n) is 11.7. The third-order valence-electron chi connectivity index (χ3n) is 7.15. The van der Waals surface area contributed by atoms with Crippen molar-refractivity contribution in [3.05, 3.63) is 47.0 Å². The minimum atomic E-state index is -0.726. The summed E-state index contributed by atoms with van der Waals surface area (Å²) in [5.41, 5.74) is 0.251. The third kappa shape index (κ3) is 6.38. The minimum Gasteiger partial charge on any atom is -0.378 e. The number of nitriles is 1. The molecule has 0 N–H and O–H groups in total. The molecule has 0 aliphatic heterocycles. The van der Waals surface area contributed by atoms with Gasteiger partial charge in [-0.05, 0) is 100 Å². The van der Waals surface area contributed by atoms with E-state index in [-0.39, 0.29) is 5.92 Å². The number of nitrogens with zero attached hydrogens (tertiary/aromatic N) is 1. The molecule has 0 radical (unpaired) electrons. The van der Waals surface area contributed by atoms with Gasteiger partial charge in [0.05, 0.1) is 12.7 Å². The fraction of sp³-hybridized carbons (Fsp3) is 0.654. The van der Waals surface area contributed by atoms with Gasteiger partial charge in [-0.25, -0.2) is 8.78 Å². The smallest absolute Gasteiger partial charge is 0.144 e. The molecule has 2 fully saturated rings. The predicted molar refractivity (Wildman–Crippen MR) is 116 cm³/mol. The fourth-order valence-corrected chi connectivity index (χ4v) is 5.25. The van der Waals surface area contributed by atoms with Crippen LogP contribution in [0.4, 0.5) is 8.78 Å². The van der Waals surface area contributed by atoms with Crippen LogP contribution in [0.15, 0.2) is 24.3 Å². The van der Waals surface area contributed by atoms with Crippen LogP contribution < -0.4 is 0 Å². The van der Waals surface area contributed by atoms with Crippen molar-refractivity contribution < 1.29 is 13.5 Å². The molecule has 1 aromatic carbocycles. The summed E-state index contributed by atoms with van der Waals surface area (Å²) in [6.07, 6.45) is 17.5. The topological polar surface area (TPSA) is 33.0 Å². The maximum absolute atomic E-state index is 13.9. The summed E-state index contributed by atoms with van der Waals surface area (Å²) in [7, 11) is 0. The van der Waals surface area contributed by atoms with Gasteiger partial charge in [0.1, 0.15) is 23.3 Å². The highest BCUT2D eigenvalue weighted by molar-refractivity contribution is 5.36. The monoisotopic (exact) mass is 415 g/mol. The van der Waals surface area contributed by atoms with Gasteiger partial charge in [-0.2, -0.15) is 5.26 Å². The summed E-state index contributed by atoms with van der Waals surface area (Å²) in [4.78, 5) is 0. The summed E-state index contributed by atoms with van der Waals surface area (Å²) in [6, 6.07) is 4.34. The van der Waals surface area contributed by atoms with Crippen LogP contribution in [0.2, 0.25) is 0 Å². The second-order valence-corrected chi connectivity index (χ2v) is 9.14. The number of ether oxygens (including phenoxy) is 1. The van der Waals surface area contributed by atoms with Gasteiger partial charge in [-0.15, -0.1) is 0 Å². The highest BCUT2D eigenvalue weighted by Crippen LogP contribution is 2.40. The van der Waals surface area contributed by atoms with Gasteiger partial charge in [0.25, 0.3) is 0 Å². The molecule has 0 bridgehead atoms. The molecule has 3 rings (SSSR count). The molecule has 1 aromatic rings. The van der Waals surface area contributed by atoms with E-state index in [0.717, 1.165) is 56.1 Å². The zero-order valence-corrected chi connectivity index (χ0v) is 18.2. The van der Waals surface area contributed by atoms with Gasteiger partial charge in [0, 0.05) is 0 Å². The molecule has 0 spiro atoms. The van der Waals surface area contributed by atoms with Gasteiger partial charge in [-0.1, -0.05) is 25.0 Å². The summed E-state index contributed by atoms with van der Waals surface area (Å²) in [5, 5.41) is 8.83. The Balaban J connectivity index is 1.35. The molecule has 0 aromatic heterocycles. The Morgan fingerprint density at radius 2 is 1.53 bits per heavy atom. The van der Waals surface area contributed by atoms with Crippen LogP contribution in [0.1, 0.15) is 94.6 Å². The molecule has 30 heavy (non-hydrogen) atoms. The lowest BCUT2D eigenvalue weighted by molar-refractivity contribution is 0.0189. The lowest BCUT2D eigenvalue weighted by atomic mass is 9.75. The van der Waals surface area contributed by atoms with Crippen LogP contribution in [-0.2, 0) is 4.74 Å². The van der Waals surface area contributed by atoms with Gasteiger partial charge in [0.15, 0.2) is 0 Å². The van der Waals surface area contributed by atoms with Crippen molar-refractivity contribution in [2.24, 2.45) is 11.8 Å². The standard InChI is InChI=1S/C26H35F2NO/c1-2-3-4-15-30-23-13-9-20(10-14-23)6-5-19-7-11-21(12-8-19)22-16-25(27)24(18-29)26(28)17-22/h2-3,16-17,19-21,23H,4-15H2,1H3/b3-2+. The van der Waals surface area contributed by atoms with Gasteiger partial charge in [0.2, 0.25) is 0 Å². The van der Waals surface area contributed by atoms with E-state index in [2.05, 4.69) is 12.2 Å². The minimum absolute atomic E-state index is 0.216. The number of hydrogen-bond acceptors (Lipinski definition) is 2. The SMILES string of the molecule is C/C=C/CCOC1CCC(CCC2CCC(c3cc(F)c(C#N)c(F)c3)CC2)CC1. The molecule has 0 amide bonds. The molecular weight excluding hydrogens is 380 g/mol. The molecule has 2 aliphatic carbocycles. The average molecular weight is 416 g/mol. The summed E-state index contributed by atoms with van der Waals surface area (Å²) in [5.74, 6) is 0.337. The predicted octanol–water partition coefficient (Wildman–Crippen LogP) is 7.43. The lowest BCUT2D eigenvalue weighted by Gasteiger charge is -2.32. The van der Waals surface area contributed by atoms with Crippen LogP contribution in [0.25, 0.3) is 0 Å². The van der Waals surface area contributed by atoms with E-state index in [1.165, 1.54) is 50.7 Å². The molecule has 2 aliphatic rings. The molecule has 0 saturated heterocycles. The zero-order valence-electron chi connectivity index (χ0n) is 18.2. The number of allylic oxidation sites excluding steroid dienone is 1. The molecule has 2 nitrogen and oxygen atoms in total. The van der Waals surface area contributed by atoms with E-state index in [1.54, 1.807) is 6.07 Å². The summed E-state index contributed by atoms with van der Waals surface area (Å²) < 4.78 is 33.8. The Hall–Kier alpha value is -1.73. The summed E-state index contributed by atoms with van der Waals surface area (Å²) >= 11 is 0. The van der Waals surface area contributed by atoms with Crippen molar-refractivity contribution in [2.45, 2.75) is 89.6 Å². The Morgan fingerprint density at radius 1 is 0.967 bits per heavy atom. The normalized spacial score (nSPS) is 27.3. The van der Waals surface area contributed by atoms with Crippen LogP contribution in [0.3, 0.4) is 0 Å². The maximum atomic E-state index is 13.9. The fourth-order valence-electron chi connectivity index (χ4n) is 5.25. The molecular formula is C26H35F2NO. The van der Waals surface area contributed by atoms with Crippen LogP contribution >= 0.6 is 0 Å². The molecule has 0 atom stereocenters. The number of benzene rings is 1. The van der Waals surface area contributed by atoms with Crippen molar-refractivity contribution in [2.75, 3.05) is 6.61 Å². The number of rotatable bonds is 8. The first-order valence-corrected chi connectivity index (χ1v) is 11.7. The van der Waals surface area contributed by atoms with Crippen molar-refractivity contribution in [1.82, 2.24) is 0 Å². The highest BCUT2D eigenvalue weighted by Gasteiger charge is 2.26. The molecule has 4 heteroatoms. The molecule has 164 valence electrons. The van der Waals surface area contributed by atoms with Gasteiger partial charge in [-0.3, -0.25) is 0 Å². The first kappa shape index (κ1) is 22.9. The Labute approximate surface area is 180 Å². The van der Waals surface area contributed by atoms with Gasteiger partial charge < -0.3 is 4.74 Å².